The summed E-state index contributed by atoms with van der Waals surface area (Å²) in [5.74, 6) is 3.03. The third-order valence-electron chi connectivity index (χ3n) is 7.55. The van der Waals surface area contributed by atoms with Crippen molar-refractivity contribution in [3.63, 3.8) is 0 Å². The van der Waals surface area contributed by atoms with Crippen molar-refractivity contribution in [2.45, 2.75) is 108 Å². The van der Waals surface area contributed by atoms with Gasteiger partial charge in [0.2, 0.25) is 0 Å². The Bertz CT molecular complexity index is 417. The molecular formula is C21H37N2O+. The molecule has 0 aliphatic heterocycles. The van der Waals surface area contributed by atoms with E-state index in [2.05, 4.69) is 17.6 Å². The first-order valence-electron chi connectivity index (χ1n) is 10.8. The van der Waals surface area contributed by atoms with Crippen LogP contribution in [0.3, 0.4) is 0 Å². The number of carbonyl (C=O) groups excluding carboxylic acids is 1. The Kier molecular flexibility index (Phi) is 4.90. The summed E-state index contributed by atoms with van der Waals surface area (Å²) in [6.07, 6.45) is 17.6. The first kappa shape index (κ1) is 16.9. The monoisotopic (exact) mass is 333 g/mol. The molecule has 4 bridgehead atoms. The number of rotatable bonds is 4. The molecule has 1 atom stereocenters. The van der Waals surface area contributed by atoms with Gasteiger partial charge in [-0.1, -0.05) is 19.3 Å². The summed E-state index contributed by atoms with van der Waals surface area (Å²) in [5.41, 5.74) is 0.175. The summed E-state index contributed by atoms with van der Waals surface area (Å²) in [6.45, 7) is 2.13. The Morgan fingerprint density at radius 3 is 1.96 bits per heavy atom. The lowest BCUT2D eigenvalue weighted by atomic mass is 9.53. The molecule has 3 N–H and O–H groups in total. The minimum Gasteiger partial charge on any atom is -0.345 e. The molecule has 1 amide bonds. The second-order valence-corrected chi connectivity index (χ2v) is 9.77. The second-order valence-electron chi connectivity index (χ2n) is 9.77. The third kappa shape index (κ3) is 3.66. The van der Waals surface area contributed by atoms with E-state index in [-0.39, 0.29) is 11.6 Å². The topological polar surface area (TPSA) is 45.7 Å². The van der Waals surface area contributed by atoms with Gasteiger partial charge in [0.05, 0.1) is 6.04 Å². The van der Waals surface area contributed by atoms with Gasteiger partial charge in [-0.3, -0.25) is 4.79 Å². The normalized spacial score (nSPS) is 40.8. The van der Waals surface area contributed by atoms with E-state index in [0.717, 1.165) is 17.8 Å². The predicted octanol–water partition coefficient (Wildman–Crippen LogP) is 3.14. The largest absolute Gasteiger partial charge is 0.345 e. The van der Waals surface area contributed by atoms with Gasteiger partial charge in [-0.05, 0) is 88.9 Å². The highest BCUT2D eigenvalue weighted by atomic mass is 16.2. The fraction of sp³-hybridized carbons (Fsp3) is 0.952. The van der Waals surface area contributed by atoms with E-state index in [9.17, 15) is 4.79 Å². The zero-order chi connectivity index (χ0) is 16.6. The molecule has 5 saturated carbocycles. The third-order valence-corrected chi connectivity index (χ3v) is 7.55. The molecule has 5 fully saturated rings. The maximum Gasteiger partial charge on any atom is 0.278 e. The molecule has 5 aliphatic carbocycles. The quantitative estimate of drug-likeness (QED) is 0.816. The van der Waals surface area contributed by atoms with Crippen LogP contribution in [0.15, 0.2) is 0 Å². The van der Waals surface area contributed by atoms with Crippen LogP contribution in [0.4, 0.5) is 0 Å². The number of quaternary nitrogens is 1. The Balaban J connectivity index is 1.32. The van der Waals surface area contributed by atoms with Crippen molar-refractivity contribution in [3.05, 3.63) is 0 Å². The molecule has 3 nitrogen and oxygen atoms in total. The van der Waals surface area contributed by atoms with E-state index >= 15 is 0 Å². The van der Waals surface area contributed by atoms with Gasteiger partial charge in [-0.25, -0.2) is 0 Å². The van der Waals surface area contributed by atoms with E-state index in [0.29, 0.717) is 11.9 Å². The molecule has 0 spiro atoms. The van der Waals surface area contributed by atoms with Crippen LogP contribution in [0.5, 0.6) is 0 Å². The average molecular weight is 334 g/mol. The van der Waals surface area contributed by atoms with Gasteiger partial charge >= 0.3 is 0 Å². The van der Waals surface area contributed by atoms with Gasteiger partial charge in [0.1, 0.15) is 0 Å². The van der Waals surface area contributed by atoms with Crippen LogP contribution >= 0.6 is 0 Å². The van der Waals surface area contributed by atoms with E-state index < -0.39 is 0 Å². The molecule has 0 saturated heterocycles. The number of hydrogen-bond donors (Lipinski definition) is 2. The van der Waals surface area contributed by atoms with Crippen molar-refractivity contribution in [1.82, 2.24) is 5.32 Å². The SMILES string of the molecule is C[C@@H]([NH2+]C1CCCCCCC1)C(=O)NC12CC3CC(CC(C3)C1)C2. The van der Waals surface area contributed by atoms with E-state index in [1.807, 2.05) is 0 Å². The molecule has 0 aromatic heterocycles. The Labute approximate surface area is 147 Å². The van der Waals surface area contributed by atoms with Crippen LogP contribution < -0.4 is 10.6 Å². The minimum atomic E-state index is 0.0856. The lowest BCUT2D eigenvalue weighted by Crippen LogP contribution is -2.96. The summed E-state index contributed by atoms with van der Waals surface area (Å²) in [4.78, 5) is 12.9. The second kappa shape index (κ2) is 6.97. The smallest absolute Gasteiger partial charge is 0.278 e. The fourth-order valence-corrected chi connectivity index (χ4v) is 6.81. The average Bonchev–Trinajstić information content (AvgIpc) is 2.47. The van der Waals surface area contributed by atoms with Gasteiger partial charge in [0.15, 0.2) is 6.04 Å². The van der Waals surface area contributed by atoms with Crippen molar-refractivity contribution in [3.8, 4) is 0 Å². The molecule has 24 heavy (non-hydrogen) atoms. The fourth-order valence-electron chi connectivity index (χ4n) is 6.81. The van der Waals surface area contributed by atoms with Crippen molar-refractivity contribution >= 4 is 5.91 Å². The summed E-state index contributed by atoms with van der Waals surface area (Å²) >= 11 is 0. The molecule has 3 heteroatoms. The molecule has 0 radical (unpaired) electrons. The van der Waals surface area contributed by atoms with Crippen LogP contribution in [-0.4, -0.2) is 23.5 Å². The molecule has 5 aliphatic rings. The number of amides is 1. The Morgan fingerprint density at radius 1 is 0.917 bits per heavy atom. The van der Waals surface area contributed by atoms with Gasteiger partial charge in [0.25, 0.3) is 5.91 Å². The maximum atomic E-state index is 12.9. The standard InChI is InChI=1S/C21H36N2O/c1-15(22-19-7-5-3-2-4-6-8-19)20(24)23-21-12-16-9-17(13-21)11-18(10-16)14-21/h15-19,22H,2-14H2,1H3,(H,23,24)/p+1/t15-,16?,17?,18?,21?/m1/s1. The number of nitrogens with two attached hydrogens (primary N) is 1. The van der Waals surface area contributed by atoms with Gasteiger partial charge in [0, 0.05) is 5.54 Å². The number of carbonyl (C=O) groups is 1. The zero-order valence-electron chi connectivity index (χ0n) is 15.6. The summed E-state index contributed by atoms with van der Waals surface area (Å²) in [6, 6.07) is 0.754. The van der Waals surface area contributed by atoms with E-state index in [4.69, 9.17) is 0 Å². The highest BCUT2D eigenvalue weighted by molar-refractivity contribution is 5.80. The zero-order valence-corrected chi connectivity index (χ0v) is 15.6. The Morgan fingerprint density at radius 2 is 1.42 bits per heavy atom. The van der Waals surface area contributed by atoms with Crippen molar-refractivity contribution < 1.29 is 10.1 Å². The van der Waals surface area contributed by atoms with E-state index in [1.54, 1.807) is 0 Å². The summed E-state index contributed by atoms with van der Waals surface area (Å²) < 4.78 is 0. The summed E-state index contributed by atoms with van der Waals surface area (Å²) in [7, 11) is 0. The number of hydrogen-bond acceptors (Lipinski definition) is 1. The molecule has 0 unspecified atom stereocenters. The van der Waals surface area contributed by atoms with Gasteiger partial charge in [-0.15, -0.1) is 0 Å². The van der Waals surface area contributed by atoms with Crippen LogP contribution in [0.2, 0.25) is 0 Å². The maximum absolute atomic E-state index is 12.9. The van der Waals surface area contributed by atoms with Crippen LogP contribution in [0, 0.1) is 17.8 Å². The first-order chi connectivity index (χ1) is 11.6. The van der Waals surface area contributed by atoms with Gasteiger partial charge in [-0.2, -0.15) is 0 Å². The number of nitrogens with one attached hydrogen (secondary N) is 1. The van der Waals surface area contributed by atoms with Gasteiger partial charge < -0.3 is 10.6 Å². The van der Waals surface area contributed by atoms with Crippen LogP contribution in [-0.2, 0) is 4.79 Å². The highest BCUT2D eigenvalue weighted by Gasteiger charge is 2.51. The minimum absolute atomic E-state index is 0.0856. The van der Waals surface area contributed by atoms with E-state index in [1.165, 1.54) is 83.5 Å². The van der Waals surface area contributed by atoms with Crippen molar-refractivity contribution in [2.24, 2.45) is 17.8 Å². The molecule has 0 heterocycles. The predicted molar refractivity (Wildman–Crippen MR) is 96.5 cm³/mol. The van der Waals surface area contributed by atoms with Crippen LogP contribution in [0.25, 0.3) is 0 Å². The lowest BCUT2D eigenvalue weighted by Gasteiger charge is -2.57. The molecular weight excluding hydrogens is 296 g/mol. The molecule has 0 aromatic carbocycles. The molecule has 136 valence electrons. The molecule has 0 aromatic rings. The van der Waals surface area contributed by atoms with Crippen molar-refractivity contribution in [2.75, 3.05) is 0 Å². The Hall–Kier alpha value is -0.570. The summed E-state index contributed by atoms with van der Waals surface area (Å²) in [5, 5.41) is 5.96. The van der Waals surface area contributed by atoms with Crippen molar-refractivity contribution in [1.29, 1.82) is 0 Å². The highest BCUT2D eigenvalue weighted by Crippen LogP contribution is 2.55. The lowest BCUT2D eigenvalue weighted by molar-refractivity contribution is -0.708. The molecule has 5 rings (SSSR count). The van der Waals surface area contributed by atoms with Crippen LogP contribution in [0.1, 0.15) is 90.4 Å². The first-order valence-corrected chi connectivity index (χ1v) is 10.8.